The molecule has 0 radical (unpaired) electrons. The molecule has 2 heterocycles. The minimum atomic E-state index is -1.06. The zero-order valence-electron chi connectivity index (χ0n) is 12.7. The Bertz CT molecular complexity index is 772. The van der Waals surface area contributed by atoms with Crippen LogP contribution >= 0.6 is 0 Å². The van der Waals surface area contributed by atoms with Gasteiger partial charge in [0.2, 0.25) is 5.82 Å². The smallest absolute Gasteiger partial charge is 0.331 e. The number of benzene rings is 1. The molecular weight excluding hydrogens is 303 g/mol. The van der Waals surface area contributed by atoms with Gasteiger partial charge in [0.15, 0.2) is 0 Å². The summed E-state index contributed by atoms with van der Waals surface area (Å²) in [6.45, 7) is 3.55. The number of carbonyl (C=O) groups is 2. The number of hydrogen-bond donors (Lipinski definition) is 1. The molecule has 0 spiro atoms. The Kier molecular flexibility index (Phi) is 3.59. The van der Waals surface area contributed by atoms with E-state index in [9.17, 15) is 14.0 Å². The van der Waals surface area contributed by atoms with E-state index in [-0.39, 0.29) is 18.2 Å². The molecule has 1 aliphatic heterocycles. The monoisotopic (exact) mass is 318 g/mol. The first-order chi connectivity index (χ1) is 10.9. The molecule has 8 heteroatoms. The highest BCUT2D eigenvalue weighted by atomic mass is 19.1. The van der Waals surface area contributed by atoms with Crippen LogP contribution in [-0.4, -0.2) is 38.8 Å². The molecule has 1 aromatic heterocycles. The van der Waals surface area contributed by atoms with Gasteiger partial charge in [-0.05, 0) is 38.1 Å². The Hall–Kier alpha value is -2.77. The highest BCUT2D eigenvalue weighted by Gasteiger charge is 2.42. The van der Waals surface area contributed by atoms with Gasteiger partial charge in [-0.15, -0.1) is 5.10 Å². The van der Waals surface area contributed by atoms with E-state index in [0.717, 1.165) is 0 Å². The van der Waals surface area contributed by atoms with Crippen LogP contribution < -0.4 is 5.32 Å². The number of amides is 1. The van der Waals surface area contributed by atoms with Crippen LogP contribution in [0, 0.1) is 12.7 Å². The summed E-state index contributed by atoms with van der Waals surface area (Å²) in [5.41, 5.74) is -0.478. The van der Waals surface area contributed by atoms with Crippen molar-refractivity contribution in [2.24, 2.45) is 0 Å². The predicted octanol–water partition coefficient (Wildman–Crippen LogP) is 1.15. The molecule has 1 aliphatic rings. The minimum absolute atomic E-state index is 0.0623. The van der Waals surface area contributed by atoms with Crippen molar-refractivity contribution in [3.05, 3.63) is 41.7 Å². The summed E-state index contributed by atoms with van der Waals surface area (Å²) in [5.74, 6) is -0.985. The van der Waals surface area contributed by atoms with E-state index < -0.39 is 17.4 Å². The molecule has 0 bridgehead atoms. The highest BCUT2D eigenvalue weighted by Crippen LogP contribution is 2.20. The summed E-state index contributed by atoms with van der Waals surface area (Å²) in [6, 6.07) is 5.67. The Morgan fingerprint density at radius 3 is 2.70 bits per heavy atom. The van der Waals surface area contributed by atoms with Gasteiger partial charge >= 0.3 is 5.97 Å². The van der Waals surface area contributed by atoms with Crippen molar-refractivity contribution in [1.29, 1.82) is 0 Å². The lowest BCUT2D eigenvalue weighted by Crippen LogP contribution is -2.49. The fourth-order valence-electron chi connectivity index (χ4n) is 2.34. The second kappa shape index (κ2) is 5.45. The Labute approximate surface area is 131 Å². The molecule has 1 fully saturated rings. The standard InChI is InChI=1S/C15H15FN4O3/c1-9-17-12(13(21)18-15(2)7-8-23-14(15)22)19-20(9)11-5-3-10(16)4-6-11/h3-6H,7-8H2,1-2H3,(H,18,21). The summed E-state index contributed by atoms with van der Waals surface area (Å²) < 4.78 is 19.3. The van der Waals surface area contributed by atoms with E-state index in [1.54, 1.807) is 13.8 Å². The number of carbonyl (C=O) groups excluding carboxylic acids is 2. The van der Waals surface area contributed by atoms with E-state index in [4.69, 9.17) is 4.74 Å². The molecule has 1 amide bonds. The Morgan fingerprint density at radius 1 is 1.39 bits per heavy atom. The number of aromatic nitrogens is 3. The lowest BCUT2D eigenvalue weighted by Gasteiger charge is -2.19. The maximum atomic E-state index is 13.0. The van der Waals surface area contributed by atoms with E-state index in [1.807, 2.05) is 0 Å². The van der Waals surface area contributed by atoms with Crippen LogP contribution in [0.5, 0.6) is 0 Å². The second-order valence-corrected chi connectivity index (χ2v) is 5.54. The third-order valence-corrected chi connectivity index (χ3v) is 3.72. The summed E-state index contributed by atoms with van der Waals surface area (Å²) in [4.78, 5) is 28.1. The van der Waals surface area contributed by atoms with Gasteiger partial charge in [0.05, 0.1) is 12.3 Å². The molecule has 0 aliphatic carbocycles. The summed E-state index contributed by atoms with van der Waals surface area (Å²) in [6.07, 6.45) is 0.398. The second-order valence-electron chi connectivity index (χ2n) is 5.54. The van der Waals surface area contributed by atoms with Gasteiger partial charge in [0.1, 0.15) is 17.2 Å². The van der Waals surface area contributed by atoms with Crippen LogP contribution in [0.15, 0.2) is 24.3 Å². The lowest BCUT2D eigenvalue weighted by molar-refractivity contribution is -0.142. The molecule has 23 heavy (non-hydrogen) atoms. The molecule has 1 saturated heterocycles. The van der Waals surface area contributed by atoms with Crippen molar-refractivity contribution >= 4 is 11.9 Å². The number of ether oxygens (including phenoxy) is 1. The molecule has 7 nitrogen and oxygen atoms in total. The summed E-state index contributed by atoms with van der Waals surface area (Å²) in [7, 11) is 0. The van der Waals surface area contributed by atoms with Crippen LogP contribution in [0.25, 0.3) is 5.69 Å². The number of nitrogens with zero attached hydrogens (tertiary/aromatic N) is 3. The van der Waals surface area contributed by atoms with Crippen LogP contribution in [0.1, 0.15) is 29.8 Å². The first-order valence-corrected chi connectivity index (χ1v) is 7.08. The fraction of sp³-hybridized carbons (Fsp3) is 0.333. The van der Waals surface area contributed by atoms with Gasteiger partial charge in [-0.25, -0.2) is 18.9 Å². The quantitative estimate of drug-likeness (QED) is 0.858. The van der Waals surface area contributed by atoms with Crippen molar-refractivity contribution in [2.75, 3.05) is 6.61 Å². The molecule has 3 rings (SSSR count). The molecule has 1 N–H and O–H groups in total. The fourth-order valence-corrected chi connectivity index (χ4v) is 2.34. The summed E-state index contributed by atoms with van der Waals surface area (Å²) >= 11 is 0. The normalized spacial score (nSPS) is 20.4. The third-order valence-electron chi connectivity index (χ3n) is 3.72. The number of rotatable bonds is 3. The zero-order valence-corrected chi connectivity index (χ0v) is 12.7. The van der Waals surface area contributed by atoms with E-state index in [2.05, 4.69) is 15.4 Å². The molecule has 0 saturated carbocycles. The molecule has 2 aromatic rings. The molecule has 1 atom stereocenters. The highest BCUT2D eigenvalue weighted by molar-refractivity contribution is 5.95. The van der Waals surface area contributed by atoms with Gasteiger partial charge in [0, 0.05) is 6.42 Å². The first-order valence-electron chi connectivity index (χ1n) is 7.08. The topological polar surface area (TPSA) is 86.1 Å². The van der Waals surface area contributed by atoms with Crippen LogP contribution in [0.2, 0.25) is 0 Å². The first kappa shape index (κ1) is 15.1. The minimum Gasteiger partial charge on any atom is -0.464 e. The number of nitrogens with one attached hydrogen (secondary N) is 1. The molecule has 1 aromatic carbocycles. The number of aryl methyl sites for hydroxylation is 1. The zero-order chi connectivity index (χ0) is 16.6. The van der Waals surface area contributed by atoms with E-state index in [1.165, 1.54) is 28.9 Å². The maximum Gasteiger partial charge on any atom is 0.331 e. The van der Waals surface area contributed by atoms with Gasteiger partial charge in [-0.1, -0.05) is 0 Å². The van der Waals surface area contributed by atoms with Crippen molar-refractivity contribution < 1.29 is 18.7 Å². The Morgan fingerprint density at radius 2 is 2.09 bits per heavy atom. The number of esters is 1. The summed E-state index contributed by atoms with van der Waals surface area (Å²) in [5, 5.41) is 6.74. The molecule has 1 unspecified atom stereocenters. The average Bonchev–Trinajstić information content (AvgIpc) is 3.04. The number of halogens is 1. The van der Waals surface area contributed by atoms with Gasteiger partial charge < -0.3 is 10.1 Å². The molecule has 120 valence electrons. The largest absolute Gasteiger partial charge is 0.464 e. The third kappa shape index (κ3) is 2.79. The van der Waals surface area contributed by atoms with Crippen molar-refractivity contribution in [3.63, 3.8) is 0 Å². The van der Waals surface area contributed by atoms with E-state index >= 15 is 0 Å². The molecular formula is C15H15FN4O3. The Balaban J connectivity index is 1.84. The number of cyclic esters (lactones) is 1. The van der Waals surface area contributed by atoms with Crippen LogP contribution in [0.3, 0.4) is 0 Å². The van der Waals surface area contributed by atoms with Gasteiger partial charge in [-0.3, -0.25) is 4.79 Å². The van der Waals surface area contributed by atoms with Crippen molar-refractivity contribution in [1.82, 2.24) is 20.1 Å². The van der Waals surface area contributed by atoms with Crippen LogP contribution in [0.4, 0.5) is 4.39 Å². The van der Waals surface area contributed by atoms with Crippen molar-refractivity contribution in [3.8, 4) is 5.69 Å². The lowest BCUT2D eigenvalue weighted by atomic mass is 10.0. The van der Waals surface area contributed by atoms with Gasteiger partial charge in [0.25, 0.3) is 5.91 Å². The predicted molar refractivity (Wildman–Crippen MR) is 77.5 cm³/mol. The average molecular weight is 318 g/mol. The SMILES string of the molecule is Cc1nc(C(=O)NC2(C)CCOC2=O)nn1-c1ccc(F)cc1. The van der Waals surface area contributed by atoms with Gasteiger partial charge in [-0.2, -0.15) is 0 Å². The van der Waals surface area contributed by atoms with Crippen molar-refractivity contribution in [2.45, 2.75) is 25.8 Å². The van der Waals surface area contributed by atoms with Crippen LogP contribution in [-0.2, 0) is 9.53 Å². The van der Waals surface area contributed by atoms with E-state index in [0.29, 0.717) is 17.9 Å². The maximum absolute atomic E-state index is 13.0. The number of hydrogen-bond acceptors (Lipinski definition) is 5.